The topological polar surface area (TPSA) is 83.1 Å². The summed E-state index contributed by atoms with van der Waals surface area (Å²) in [6, 6.07) is -0.159. The monoisotopic (exact) mass is 378 g/mol. The first-order valence-corrected chi connectivity index (χ1v) is 10.7. The van der Waals surface area contributed by atoms with E-state index in [1.807, 2.05) is 13.1 Å². The molecule has 3 N–H and O–H groups in total. The number of aromatic nitrogens is 1. The molecule has 144 valence electrons. The summed E-state index contributed by atoms with van der Waals surface area (Å²) in [5, 5.41) is 9.91. The molecule has 26 heavy (non-hydrogen) atoms. The molecule has 0 bridgehead atoms. The predicted molar refractivity (Wildman–Crippen MR) is 104 cm³/mol. The zero-order valence-electron chi connectivity index (χ0n) is 15.6. The van der Waals surface area contributed by atoms with Crippen LogP contribution in [0, 0.1) is 5.92 Å². The van der Waals surface area contributed by atoms with Gasteiger partial charge >= 0.3 is 0 Å². The Hall–Kier alpha value is -1.47. The van der Waals surface area contributed by atoms with Gasteiger partial charge in [0.05, 0.1) is 0 Å². The van der Waals surface area contributed by atoms with Gasteiger partial charge in [0.15, 0.2) is 5.13 Å². The third-order valence-corrected chi connectivity index (χ3v) is 6.44. The van der Waals surface area contributed by atoms with Gasteiger partial charge in [-0.3, -0.25) is 9.59 Å². The van der Waals surface area contributed by atoms with Crippen LogP contribution in [0.4, 0.5) is 5.13 Å². The molecule has 3 rings (SSSR count). The van der Waals surface area contributed by atoms with Gasteiger partial charge in [0.1, 0.15) is 0 Å². The third kappa shape index (κ3) is 5.51. The Kier molecular flexibility index (Phi) is 7.02. The summed E-state index contributed by atoms with van der Waals surface area (Å²) in [4.78, 5) is 30.1. The van der Waals surface area contributed by atoms with Crippen molar-refractivity contribution in [3.05, 3.63) is 11.1 Å². The maximum atomic E-state index is 12.3. The van der Waals surface area contributed by atoms with E-state index < -0.39 is 0 Å². The molecule has 6 nitrogen and oxygen atoms in total. The van der Waals surface area contributed by atoms with Crippen molar-refractivity contribution in [2.75, 3.05) is 18.4 Å². The number of anilines is 1. The van der Waals surface area contributed by atoms with Gasteiger partial charge in [-0.15, -0.1) is 11.3 Å². The smallest absolute Gasteiger partial charge is 0.228 e. The maximum Gasteiger partial charge on any atom is 0.228 e. The van der Waals surface area contributed by atoms with Gasteiger partial charge in [-0.2, -0.15) is 0 Å². The van der Waals surface area contributed by atoms with Crippen LogP contribution in [0.5, 0.6) is 0 Å². The number of amides is 2. The van der Waals surface area contributed by atoms with E-state index >= 15 is 0 Å². The maximum absolute atomic E-state index is 12.3. The number of piperidine rings is 1. The van der Waals surface area contributed by atoms with E-state index in [1.54, 1.807) is 11.3 Å². The van der Waals surface area contributed by atoms with E-state index in [0.29, 0.717) is 11.0 Å². The summed E-state index contributed by atoms with van der Waals surface area (Å²) >= 11 is 1.57. The van der Waals surface area contributed by atoms with Crippen LogP contribution in [-0.4, -0.2) is 35.9 Å². The number of hydrogen-bond donors (Lipinski definition) is 3. The zero-order chi connectivity index (χ0) is 18.4. The van der Waals surface area contributed by atoms with Crippen LogP contribution in [0.1, 0.15) is 69.1 Å². The highest BCUT2D eigenvalue weighted by molar-refractivity contribution is 7.15. The van der Waals surface area contributed by atoms with Gasteiger partial charge in [0.2, 0.25) is 11.8 Å². The van der Waals surface area contributed by atoms with Crippen molar-refractivity contribution >= 4 is 28.3 Å². The summed E-state index contributed by atoms with van der Waals surface area (Å²) in [7, 11) is 0. The van der Waals surface area contributed by atoms with Crippen LogP contribution in [-0.2, 0) is 9.59 Å². The van der Waals surface area contributed by atoms with Crippen molar-refractivity contribution in [2.24, 2.45) is 5.92 Å². The van der Waals surface area contributed by atoms with E-state index in [2.05, 4.69) is 20.9 Å². The molecular weight excluding hydrogens is 348 g/mol. The Balaban J connectivity index is 1.43. The Morgan fingerprint density at radius 1 is 1.23 bits per heavy atom. The number of carbonyl (C=O) groups excluding carboxylic acids is 2. The van der Waals surface area contributed by atoms with Crippen LogP contribution >= 0.6 is 11.3 Å². The van der Waals surface area contributed by atoms with Crippen molar-refractivity contribution < 1.29 is 9.59 Å². The molecule has 2 amide bonds. The molecule has 1 aliphatic heterocycles. The lowest BCUT2D eigenvalue weighted by molar-refractivity contribution is -0.126. The van der Waals surface area contributed by atoms with Gasteiger partial charge in [-0.1, -0.05) is 19.3 Å². The lowest BCUT2D eigenvalue weighted by atomic mass is 9.88. The second kappa shape index (κ2) is 9.46. The fourth-order valence-electron chi connectivity index (χ4n) is 3.86. The molecule has 0 spiro atoms. The molecule has 1 atom stereocenters. The van der Waals surface area contributed by atoms with Gasteiger partial charge in [-0.05, 0) is 51.6 Å². The quantitative estimate of drug-likeness (QED) is 0.710. The fraction of sp³-hybridized carbons (Fsp3) is 0.737. The van der Waals surface area contributed by atoms with Crippen molar-refractivity contribution in [1.29, 1.82) is 0 Å². The third-order valence-electron chi connectivity index (χ3n) is 5.37. The van der Waals surface area contributed by atoms with E-state index in [4.69, 9.17) is 0 Å². The minimum absolute atomic E-state index is 0.0901. The van der Waals surface area contributed by atoms with Gasteiger partial charge in [0, 0.05) is 29.5 Å². The zero-order valence-corrected chi connectivity index (χ0v) is 16.4. The van der Waals surface area contributed by atoms with Gasteiger partial charge in [-0.25, -0.2) is 4.98 Å². The first-order chi connectivity index (χ1) is 12.6. The standard InChI is InChI=1S/C19H30N4O2S/c1-13(22-18(25)15-5-3-2-4-6-15)11-17(24)23-19-21-12-16(26-19)14-7-9-20-10-8-14/h12-15,20H,2-11H2,1H3,(H,22,25)(H,21,23,24). The van der Waals surface area contributed by atoms with Crippen LogP contribution in [0.15, 0.2) is 6.20 Å². The number of hydrogen-bond acceptors (Lipinski definition) is 5. The number of nitrogens with one attached hydrogen (secondary N) is 3. The first-order valence-electron chi connectivity index (χ1n) is 9.88. The molecule has 0 radical (unpaired) electrons. The molecule has 7 heteroatoms. The highest BCUT2D eigenvalue weighted by atomic mass is 32.1. The molecule has 1 aromatic rings. The Labute approximate surface area is 159 Å². The highest BCUT2D eigenvalue weighted by Gasteiger charge is 2.23. The summed E-state index contributed by atoms with van der Waals surface area (Å²) in [5.41, 5.74) is 0. The Bertz CT molecular complexity index is 606. The molecular formula is C19H30N4O2S. The lowest BCUT2D eigenvalue weighted by Gasteiger charge is -2.23. The molecule has 2 heterocycles. The average Bonchev–Trinajstić information content (AvgIpc) is 3.11. The lowest BCUT2D eigenvalue weighted by Crippen LogP contribution is -2.39. The van der Waals surface area contributed by atoms with Crippen LogP contribution in [0.25, 0.3) is 0 Å². The molecule has 1 saturated heterocycles. The summed E-state index contributed by atoms with van der Waals surface area (Å²) in [6.45, 7) is 3.98. The molecule has 2 fully saturated rings. The van der Waals surface area contributed by atoms with Gasteiger partial charge < -0.3 is 16.0 Å². The SMILES string of the molecule is CC(CC(=O)Nc1ncc(C2CCNCC2)s1)NC(=O)C1CCCCC1. The number of carbonyl (C=O) groups is 2. The minimum Gasteiger partial charge on any atom is -0.353 e. The summed E-state index contributed by atoms with van der Waals surface area (Å²) in [5.74, 6) is 0.689. The van der Waals surface area contributed by atoms with Crippen molar-refractivity contribution in [2.45, 2.75) is 70.3 Å². The van der Waals surface area contributed by atoms with E-state index in [1.165, 1.54) is 11.3 Å². The number of nitrogens with zero attached hydrogens (tertiary/aromatic N) is 1. The average molecular weight is 379 g/mol. The second-order valence-corrected chi connectivity index (χ2v) is 8.65. The molecule has 2 aliphatic rings. The minimum atomic E-state index is -0.159. The fourth-order valence-corrected chi connectivity index (χ4v) is 4.87. The summed E-state index contributed by atoms with van der Waals surface area (Å²) < 4.78 is 0. The highest BCUT2D eigenvalue weighted by Crippen LogP contribution is 2.31. The van der Waals surface area contributed by atoms with Crippen molar-refractivity contribution in [3.8, 4) is 0 Å². The van der Waals surface area contributed by atoms with Crippen LogP contribution in [0.3, 0.4) is 0 Å². The second-order valence-electron chi connectivity index (χ2n) is 7.59. The first kappa shape index (κ1) is 19.3. The van der Waals surface area contributed by atoms with Crippen molar-refractivity contribution in [1.82, 2.24) is 15.6 Å². The van der Waals surface area contributed by atoms with Crippen molar-refractivity contribution in [3.63, 3.8) is 0 Å². The molecule has 1 unspecified atom stereocenters. The van der Waals surface area contributed by atoms with E-state index in [-0.39, 0.29) is 30.2 Å². The molecule has 0 aromatic carbocycles. The number of thiazole rings is 1. The van der Waals surface area contributed by atoms with Crippen LogP contribution < -0.4 is 16.0 Å². The Morgan fingerprint density at radius 3 is 2.69 bits per heavy atom. The van der Waals surface area contributed by atoms with Gasteiger partial charge in [0.25, 0.3) is 0 Å². The van der Waals surface area contributed by atoms with Crippen LogP contribution in [0.2, 0.25) is 0 Å². The molecule has 1 saturated carbocycles. The Morgan fingerprint density at radius 2 is 1.96 bits per heavy atom. The largest absolute Gasteiger partial charge is 0.353 e. The van der Waals surface area contributed by atoms with E-state index in [0.717, 1.165) is 51.6 Å². The van der Waals surface area contributed by atoms with E-state index in [9.17, 15) is 9.59 Å². The normalized spacial score (nSPS) is 20.5. The molecule has 1 aliphatic carbocycles. The number of rotatable bonds is 6. The summed E-state index contributed by atoms with van der Waals surface area (Å²) in [6.07, 6.45) is 9.87. The predicted octanol–water partition coefficient (Wildman–Crippen LogP) is 3.02. The molecule has 1 aromatic heterocycles.